The lowest BCUT2D eigenvalue weighted by atomic mass is 9.33. The van der Waals surface area contributed by atoms with Gasteiger partial charge in [-0.25, -0.2) is 0 Å². The van der Waals surface area contributed by atoms with E-state index < -0.39 is 155 Å². The van der Waals surface area contributed by atoms with Crippen LogP contribution in [0.15, 0.2) is 424 Å². The third-order valence-corrected chi connectivity index (χ3v) is 25.4. The monoisotopic (exact) mass is 1680 g/mol. The molecule has 0 N–H and O–H groups in total. The zero-order valence-electron chi connectivity index (χ0n) is 92.6. The molecule has 19 aromatic carbocycles. The molecule has 0 radical (unpaired) electrons. The highest BCUT2D eigenvalue weighted by Gasteiger charge is 2.47. The van der Waals surface area contributed by atoms with Gasteiger partial charge in [0.25, 0.3) is 6.71 Å². The Kier molecular flexibility index (Phi) is 14.2. The van der Waals surface area contributed by atoms with Gasteiger partial charge in [0.05, 0.1) is 72.2 Å². The number of anilines is 12. The lowest BCUT2D eigenvalue weighted by molar-refractivity contribution is 0.590. The maximum atomic E-state index is 12.3. The lowest BCUT2D eigenvalue weighted by Gasteiger charge is -2.47. The normalized spacial score (nSPS) is 14.8. The molecule has 0 aliphatic carbocycles. The maximum Gasteiger partial charge on any atom is 0.252 e. The smallest absolute Gasteiger partial charge is 0.252 e. The van der Waals surface area contributed by atoms with Crippen molar-refractivity contribution in [2.75, 3.05) is 19.6 Å². The van der Waals surface area contributed by atoms with E-state index in [0.29, 0.717) is 112 Å². The summed E-state index contributed by atoms with van der Waals surface area (Å²) in [4.78, 5) is 7.30. The molecule has 2 aromatic heterocycles. The van der Waals surface area contributed by atoms with E-state index in [2.05, 4.69) is 86.6 Å². The highest BCUT2D eigenvalue weighted by molar-refractivity contribution is 7.00. The first-order valence-electron chi connectivity index (χ1n) is 53.7. The van der Waals surface area contributed by atoms with Crippen molar-refractivity contribution >= 4 is 157 Å². The van der Waals surface area contributed by atoms with Crippen LogP contribution in [0.5, 0.6) is 0 Å². The van der Waals surface area contributed by atoms with Gasteiger partial charge in [0.2, 0.25) is 0 Å². The third-order valence-electron chi connectivity index (χ3n) is 25.4. The summed E-state index contributed by atoms with van der Waals surface area (Å²) < 4.78 is 219. The topological polar surface area (TPSA) is 22.8 Å². The quantitative estimate of drug-likeness (QED) is 0.101. The van der Waals surface area contributed by atoms with Crippen LogP contribution in [0.1, 0.15) is 106 Å². The van der Waals surface area contributed by atoms with E-state index in [4.69, 9.17) is 0 Å². The van der Waals surface area contributed by atoms with E-state index in [-0.39, 0.29) is 77.3 Å². The van der Waals surface area contributed by atoms with E-state index in [1.807, 2.05) is 240 Å². The Morgan fingerprint density at radius 1 is 0.264 bits per heavy atom. The Morgan fingerprint density at radius 3 is 0.946 bits per heavy atom. The van der Waals surface area contributed by atoms with Crippen molar-refractivity contribution < 1.29 is 27.4 Å². The number of aromatic nitrogens is 2. The predicted molar refractivity (Wildman–Crippen MR) is 551 cm³/mol. The van der Waals surface area contributed by atoms with Crippen LogP contribution < -0.4 is 36.0 Å². The molecule has 4 heterocycles. The molecule has 7 heteroatoms. The van der Waals surface area contributed by atoms with Crippen LogP contribution in [-0.4, -0.2) is 15.8 Å². The first-order valence-corrected chi connectivity index (χ1v) is 43.7. The van der Waals surface area contributed by atoms with Crippen molar-refractivity contribution in [1.82, 2.24) is 9.13 Å². The molecule has 0 atom stereocenters. The van der Waals surface area contributed by atoms with Gasteiger partial charge in [-0.05, 0) is 228 Å². The van der Waals surface area contributed by atoms with Crippen LogP contribution in [-0.2, 0) is 16.2 Å². The van der Waals surface area contributed by atoms with Gasteiger partial charge in [0, 0.05) is 111 Å². The molecule has 0 saturated heterocycles. The molecule has 0 bridgehead atoms. The molecule has 129 heavy (non-hydrogen) atoms. The molecule has 0 amide bonds. The summed E-state index contributed by atoms with van der Waals surface area (Å²) >= 11 is 0. The molecule has 6 nitrogen and oxygen atoms in total. The Hall–Kier alpha value is -15.4. The van der Waals surface area contributed by atoms with Crippen molar-refractivity contribution in [3.8, 4) is 55.9 Å². The minimum atomic E-state index is -1.68. The minimum Gasteiger partial charge on any atom is -0.310 e. The zero-order valence-corrected chi connectivity index (χ0v) is 72.6. The van der Waals surface area contributed by atoms with Crippen LogP contribution in [0.2, 0.25) is 0 Å². The number of benzene rings is 19. The van der Waals surface area contributed by atoms with Crippen LogP contribution in [0.25, 0.3) is 121 Å². The molecular weight excluding hydrogens is 1560 g/mol. The Morgan fingerprint density at radius 2 is 0.581 bits per heavy atom. The number of para-hydroxylation sites is 4. The molecule has 23 rings (SSSR count). The van der Waals surface area contributed by atoms with Crippen LogP contribution in [0, 0.1) is 0 Å². The molecule has 2 aliphatic rings. The second kappa shape index (κ2) is 30.7. The predicted octanol–water partition coefficient (Wildman–Crippen LogP) is 31.8. The molecule has 21 aromatic rings. The first kappa shape index (κ1) is 59.5. The van der Waals surface area contributed by atoms with Crippen molar-refractivity contribution in [3.63, 3.8) is 0 Å². The molecule has 618 valence electrons. The van der Waals surface area contributed by atoms with Gasteiger partial charge in [0.1, 0.15) is 0 Å². The fraction of sp³-hybridized carbons (Fsp3) is 0.0984. The zero-order chi connectivity index (χ0) is 105. The number of rotatable bonds is 14. The first-order chi connectivity index (χ1) is 71.3. The molecule has 2 aliphatic heterocycles. The van der Waals surface area contributed by atoms with Crippen molar-refractivity contribution in [1.29, 1.82) is 0 Å². The lowest BCUT2D eigenvalue weighted by Crippen LogP contribution is -2.61. The summed E-state index contributed by atoms with van der Waals surface area (Å²) in [6.07, 6.45) is 0. The fourth-order valence-electron chi connectivity index (χ4n) is 19.0. The van der Waals surface area contributed by atoms with Crippen molar-refractivity contribution in [2.24, 2.45) is 0 Å². The van der Waals surface area contributed by atoms with Crippen molar-refractivity contribution in [3.05, 3.63) is 441 Å². The number of nitrogens with zero attached hydrogens (tertiary/aromatic N) is 6. The van der Waals surface area contributed by atoms with E-state index in [0.717, 1.165) is 21.9 Å². The van der Waals surface area contributed by atoms with Crippen LogP contribution in [0.3, 0.4) is 0 Å². The average Bonchev–Trinajstić information content (AvgIpc) is 0.808. The summed E-state index contributed by atoms with van der Waals surface area (Å²) in [7, 11) is 0. The fourth-order valence-corrected chi connectivity index (χ4v) is 19.0. The van der Waals surface area contributed by atoms with Gasteiger partial charge in [-0.15, -0.1) is 0 Å². The Balaban J connectivity index is 0.934. The highest BCUT2D eigenvalue weighted by Crippen LogP contribution is 2.57. The summed E-state index contributed by atoms with van der Waals surface area (Å²) in [5, 5.41) is 1.97. The minimum absolute atomic E-state index is 0.139. The van der Waals surface area contributed by atoms with Gasteiger partial charge in [-0.1, -0.05) is 341 Å². The number of hydrogen-bond acceptors (Lipinski definition) is 4. The van der Waals surface area contributed by atoms with Crippen molar-refractivity contribution in [2.45, 2.75) is 78.6 Å². The van der Waals surface area contributed by atoms with Crippen LogP contribution in [0.4, 0.5) is 68.2 Å². The van der Waals surface area contributed by atoms with Gasteiger partial charge < -0.3 is 28.7 Å². The summed E-state index contributed by atoms with van der Waals surface area (Å²) in [5.74, 6) is 0. The summed E-state index contributed by atoms with van der Waals surface area (Å²) in [5.41, 5.74) is 5.85. The summed E-state index contributed by atoms with van der Waals surface area (Å²) in [6, 6.07) is 83.3. The van der Waals surface area contributed by atoms with E-state index in [1.165, 1.54) is 9.13 Å². The van der Waals surface area contributed by atoms with E-state index >= 15 is 0 Å². The molecule has 0 fully saturated rings. The van der Waals surface area contributed by atoms with E-state index in [9.17, 15) is 27.4 Å². The number of fused-ring (bicyclic) bond motifs is 12. The summed E-state index contributed by atoms with van der Waals surface area (Å²) in [6.45, 7) is 17.2. The van der Waals surface area contributed by atoms with Gasteiger partial charge in [0.15, 0.2) is 0 Å². The number of hydrogen-bond donors (Lipinski definition) is 0. The maximum absolute atomic E-state index is 12.3. The third kappa shape index (κ3) is 13.2. The van der Waals surface area contributed by atoms with E-state index in [1.54, 1.807) is 58.3 Å². The van der Waals surface area contributed by atoms with Gasteiger partial charge in [-0.2, -0.15) is 0 Å². The second-order valence-corrected chi connectivity index (χ2v) is 36.4. The second-order valence-electron chi connectivity index (χ2n) is 36.4. The molecule has 0 spiro atoms. The Labute approximate surface area is 783 Å². The molecule has 0 saturated carbocycles. The SMILES string of the molecule is [2H]c1c([2H])c(-n2c3c([2H])c([2H])c([2H])c([2H])c3c3c([2H])c(N(c4ccccc4)c4cccc5ccccc45)c([2H])c([2H])c32)c([2H])c2c1B1c3c(cc(C(C)(C)C)cc3N(c3c(-c4ccccc4)cc(C(C)(C)C)cc3-c3ccccc3)c3c([2H])c(-n4c5c([2H])c([2H])c([2H])c([2H])c5c5c([2H])c(N(c6ccccc6)c6cccc7ccccc67)c([2H])c([2H])c54)c([2H])c([2H])c31)N2c1c(-c2ccccc2)cc(C(C)(C)C)cc1-c1ccccc1. The standard InChI is InChI=1S/C122H97BN6/c1-120(2,3)86-70-99(82-38-16-10-17-39-82)118(100(71-86)83-40-18-11-19-41-83)128-113-78-93(126-109-58-34-32-56-97(109)103-76-91(64-68-111(103)126)124(89-50-24-14-25-51-89)107-60-36-48-80-46-28-30-54-95(80)107)62-66-105(113)123-106-67-63-94(127-110-59-35-33-57-98(110)104-77-92(65-69-112(104)127)125(90-52-26-15-27-53-90)108-61-37-49-81-47-29-31-55-96(81)108)79-114(106)129(116-75-88(122(7,8)9)74-115(128)117(116)123)119-101(84-42-20-12-21-43-84)72-87(121(4,5)6)73-102(119)85-44-22-13-23-45-85/h10-79H,1-9H3/i32D,33D,34D,35D,56D,57D,58D,59D,62D,63D,64D,65D,66D,67D,68D,69D,76D,77D,78D,79D. The largest absolute Gasteiger partial charge is 0.310 e. The Bertz CT molecular complexity index is 8640. The average molecular weight is 1680 g/mol. The molecular formula is C122H97BN6. The van der Waals surface area contributed by atoms with Gasteiger partial charge in [-0.3, -0.25) is 0 Å². The molecule has 0 unspecified atom stereocenters. The van der Waals surface area contributed by atoms with Gasteiger partial charge >= 0.3 is 0 Å². The van der Waals surface area contributed by atoms with Crippen LogP contribution >= 0.6 is 0 Å². The highest BCUT2D eigenvalue weighted by atomic mass is 15.2.